The van der Waals surface area contributed by atoms with Crippen LogP contribution in [0.1, 0.15) is 51.6 Å². The number of ketones is 1. The first-order valence-corrected chi connectivity index (χ1v) is 12.7. The van der Waals surface area contributed by atoms with E-state index in [4.69, 9.17) is 9.47 Å². The third-order valence-electron chi connectivity index (χ3n) is 7.93. The van der Waals surface area contributed by atoms with Gasteiger partial charge in [-0.25, -0.2) is 4.79 Å². The third-order valence-corrected chi connectivity index (χ3v) is 7.93. The SMILES string of the molecule is Cc1ccc(C(=O)C2CC3COCC(C2)N3C(=O)OCC2c3ccccc3-c3ccccc32)c(C)n1. The van der Waals surface area contributed by atoms with Crippen molar-refractivity contribution in [1.29, 1.82) is 0 Å². The van der Waals surface area contributed by atoms with Crippen LogP contribution in [0.3, 0.4) is 0 Å². The lowest BCUT2D eigenvalue weighted by Gasteiger charge is -2.47. The Morgan fingerprint density at radius 2 is 1.53 bits per heavy atom. The molecule has 1 amide bonds. The van der Waals surface area contributed by atoms with Gasteiger partial charge < -0.3 is 9.47 Å². The van der Waals surface area contributed by atoms with Crippen LogP contribution in [0.15, 0.2) is 60.7 Å². The number of fused-ring (bicyclic) bond motifs is 5. The molecule has 3 aromatic rings. The summed E-state index contributed by atoms with van der Waals surface area (Å²) in [6, 6.07) is 20.1. The van der Waals surface area contributed by atoms with Crippen molar-refractivity contribution in [2.75, 3.05) is 19.8 Å². The van der Waals surface area contributed by atoms with Crippen molar-refractivity contribution in [2.45, 2.75) is 44.7 Å². The highest BCUT2D eigenvalue weighted by Gasteiger charge is 2.45. The van der Waals surface area contributed by atoms with Crippen molar-refractivity contribution in [3.63, 3.8) is 0 Å². The lowest BCUT2D eigenvalue weighted by atomic mass is 9.80. The number of aromatic nitrogens is 1. The molecule has 36 heavy (non-hydrogen) atoms. The van der Waals surface area contributed by atoms with Crippen LogP contribution in [-0.4, -0.2) is 53.7 Å². The number of carbonyl (C=O) groups is 2. The van der Waals surface area contributed by atoms with Gasteiger partial charge in [0.05, 0.1) is 25.3 Å². The minimum Gasteiger partial charge on any atom is -0.448 e. The number of aryl methyl sites for hydroxylation is 2. The fourth-order valence-corrected chi connectivity index (χ4v) is 6.26. The van der Waals surface area contributed by atoms with E-state index in [0.717, 1.165) is 11.4 Å². The molecule has 2 bridgehead atoms. The molecular formula is C30H30N2O4. The fraction of sp³-hybridized carbons (Fsp3) is 0.367. The molecule has 3 aliphatic rings. The Morgan fingerprint density at radius 3 is 2.14 bits per heavy atom. The van der Waals surface area contributed by atoms with E-state index in [-0.39, 0.29) is 35.8 Å². The van der Waals surface area contributed by atoms with E-state index < -0.39 is 0 Å². The molecule has 2 aromatic carbocycles. The number of morpholine rings is 1. The van der Waals surface area contributed by atoms with E-state index in [2.05, 4.69) is 29.2 Å². The van der Waals surface area contributed by atoms with Gasteiger partial charge in [0, 0.05) is 28.8 Å². The van der Waals surface area contributed by atoms with Gasteiger partial charge in [-0.05, 0) is 61.1 Å². The van der Waals surface area contributed by atoms with Crippen molar-refractivity contribution in [2.24, 2.45) is 5.92 Å². The fourth-order valence-electron chi connectivity index (χ4n) is 6.26. The zero-order valence-electron chi connectivity index (χ0n) is 20.6. The summed E-state index contributed by atoms with van der Waals surface area (Å²) in [4.78, 5) is 33.0. The number of ether oxygens (including phenoxy) is 2. The second-order valence-electron chi connectivity index (χ2n) is 10.2. The zero-order chi connectivity index (χ0) is 24.8. The summed E-state index contributed by atoms with van der Waals surface area (Å²) in [6.45, 7) is 4.96. The molecule has 3 heterocycles. The van der Waals surface area contributed by atoms with Crippen molar-refractivity contribution in [3.8, 4) is 11.1 Å². The monoisotopic (exact) mass is 482 g/mol. The number of Topliss-reactive ketones (excluding diaryl/α,β-unsaturated/α-hetero) is 1. The lowest BCUT2D eigenvalue weighted by molar-refractivity contribution is -0.0747. The minimum atomic E-state index is -0.311. The van der Waals surface area contributed by atoms with Crippen LogP contribution in [0.2, 0.25) is 0 Å². The van der Waals surface area contributed by atoms with Gasteiger partial charge in [0.2, 0.25) is 0 Å². The van der Waals surface area contributed by atoms with Gasteiger partial charge >= 0.3 is 6.09 Å². The van der Waals surface area contributed by atoms with Crippen molar-refractivity contribution in [1.82, 2.24) is 9.88 Å². The topological polar surface area (TPSA) is 68.7 Å². The highest BCUT2D eigenvalue weighted by molar-refractivity contribution is 5.99. The number of carbonyl (C=O) groups excluding carboxylic acids is 2. The average molecular weight is 483 g/mol. The van der Waals surface area contributed by atoms with Crippen molar-refractivity contribution in [3.05, 3.63) is 88.7 Å². The third kappa shape index (κ3) is 3.90. The molecule has 6 heteroatoms. The Morgan fingerprint density at radius 1 is 0.917 bits per heavy atom. The van der Waals surface area contributed by atoms with Crippen LogP contribution in [0, 0.1) is 19.8 Å². The first-order chi connectivity index (χ1) is 17.5. The maximum absolute atomic E-state index is 13.4. The molecule has 1 aliphatic carbocycles. The number of hydrogen-bond acceptors (Lipinski definition) is 5. The molecule has 0 spiro atoms. The van der Waals surface area contributed by atoms with Gasteiger partial charge in [-0.15, -0.1) is 0 Å². The Balaban J connectivity index is 1.17. The lowest BCUT2D eigenvalue weighted by Crippen LogP contribution is -2.60. The van der Waals surface area contributed by atoms with Crippen LogP contribution in [-0.2, 0) is 9.47 Å². The molecule has 0 saturated carbocycles. The molecule has 2 saturated heterocycles. The largest absolute Gasteiger partial charge is 0.448 e. The Hall–Kier alpha value is -3.51. The number of nitrogens with zero attached hydrogens (tertiary/aromatic N) is 2. The predicted octanol–water partition coefficient (Wildman–Crippen LogP) is 5.31. The number of pyridine rings is 1. The Bertz CT molecular complexity index is 1280. The smallest absolute Gasteiger partial charge is 0.410 e. The molecule has 2 atom stereocenters. The zero-order valence-corrected chi connectivity index (χ0v) is 20.6. The molecular weight excluding hydrogens is 452 g/mol. The highest BCUT2D eigenvalue weighted by Crippen LogP contribution is 2.44. The Kier molecular flexibility index (Phi) is 5.84. The number of rotatable bonds is 4. The van der Waals surface area contributed by atoms with Crippen LogP contribution in [0.5, 0.6) is 0 Å². The van der Waals surface area contributed by atoms with Crippen LogP contribution in [0.25, 0.3) is 11.1 Å². The second kappa shape index (κ2) is 9.17. The van der Waals surface area contributed by atoms with Crippen molar-refractivity contribution < 1.29 is 19.1 Å². The number of hydrogen-bond donors (Lipinski definition) is 0. The maximum Gasteiger partial charge on any atom is 0.410 e. The average Bonchev–Trinajstić information content (AvgIpc) is 3.20. The second-order valence-corrected chi connectivity index (χ2v) is 10.2. The summed E-state index contributed by atoms with van der Waals surface area (Å²) in [5, 5.41) is 0. The number of benzene rings is 2. The van der Waals surface area contributed by atoms with E-state index in [0.29, 0.717) is 38.2 Å². The summed E-state index contributed by atoms with van der Waals surface area (Å²) in [5.41, 5.74) is 7.15. The van der Waals surface area contributed by atoms with E-state index in [9.17, 15) is 9.59 Å². The predicted molar refractivity (Wildman–Crippen MR) is 136 cm³/mol. The molecule has 6 rings (SSSR count). The van der Waals surface area contributed by atoms with E-state index in [1.807, 2.05) is 55.1 Å². The number of amides is 1. The minimum absolute atomic E-state index is 0.0218. The van der Waals surface area contributed by atoms with E-state index in [1.54, 1.807) is 0 Å². The molecule has 0 radical (unpaired) electrons. The van der Waals surface area contributed by atoms with Gasteiger partial charge in [0.15, 0.2) is 5.78 Å². The normalized spacial score (nSPS) is 22.6. The van der Waals surface area contributed by atoms with Gasteiger partial charge in [-0.1, -0.05) is 48.5 Å². The standard InChI is InChI=1S/C30H30N2O4/c1-18-11-12-23(19(2)31-18)29(33)20-13-21-15-35-16-22(14-20)32(21)30(34)36-17-28-26-9-5-3-7-24(26)25-8-4-6-10-27(25)28/h3-12,20-22,28H,13-17H2,1-2H3. The van der Waals surface area contributed by atoms with Crippen LogP contribution in [0.4, 0.5) is 4.79 Å². The summed E-state index contributed by atoms with van der Waals surface area (Å²) < 4.78 is 11.8. The van der Waals surface area contributed by atoms with Crippen LogP contribution < -0.4 is 0 Å². The van der Waals surface area contributed by atoms with E-state index >= 15 is 0 Å². The van der Waals surface area contributed by atoms with Crippen molar-refractivity contribution >= 4 is 11.9 Å². The van der Waals surface area contributed by atoms with E-state index in [1.165, 1.54) is 22.3 Å². The molecule has 184 valence electrons. The summed E-state index contributed by atoms with van der Waals surface area (Å²) in [5.74, 6) is -0.0117. The molecule has 1 aromatic heterocycles. The molecule has 2 aliphatic heterocycles. The van der Waals surface area contributed by atoms with Crippen LogP contribution >= 0.6 is 0 Å². The maximum atomic E-state index is 13.4. The van der Waals surface area contributed by atoms with Gasteiger partial charge in [0.25, 0.3) is 0 Å². The molecule has 6 nitrogen and oxygen atoms in total. The van der Waals surface area contributed by atoms with Gasteiger partial charge in [0.1, 0.15) is 6.61 Å². The van der Waals surface area contributed by atoms with Gasteiger partial charge in [-0.2, -0.15) is 0 Å². The Labute approximate surface area is 211 Å². The highest BCUT2D eigenvalue weighted by atomic mass is 16.6. The molecule has 0 N–H and O–H groups in total. The molecule has 2 fully saturated rings. The summed E-state index contributed by atoms with van der Waals surface area (Å²) in [7, 11) is 0. The van der Waals surface area contributed by atoms with Gasteiger partial charge in [-0.3, -0.25) is 14.7 Å². The first-order valence-electron chi connectivity index (χ1n) is 12.7. The number of piperidine rings is 1. The summed E-state index contributed by atoms with van der Waals surface area (Å²) >= 11 is 0. The molecule has 2 unspecified atom stereocenters. The first kappa shape index (κ1) is 22.9. The summed E-state index contributed by atoms with van der Waals surface area (Å²) in [6.07, 6.45) is 0.842. The quantitative estimate of drug-likeness (QED) is 0.472.